The van der Waals surface area contributed by atoms with Crippen molar-refractivity contribution in [3.8, 4) is 5.75 Å². The van der Waals surface area contributed by atoms with Crippen LogP contribution in [-0.4, -0.2) is 7.11 Å². The van der Waals surface area contributed by atoms with Crippen LogP contribution in [0.3, 0.4) is 0 Å². The average Bonchev–Trinajstić information content (AvgIpc) is 2.18. The van der Waals surface area contributed by atoms with Crippen molar-refractivity contribution in [3.63, 3.8) is 0 Å². The van der Waals surface area contributed by atoms with Crippen LogP contribution in [0, 0.1) is 0 Å². The lowest BCUT2D eigenvalue weighted by Gasteiger charge is -2.08. The molecule has 1 rings (SSSR count). The van der Waals surface area contributed by atoms with Gasteiger partial charge in [0.2, 0.25) is 0 Å². The van der Waals surface area contributed by atoms with E-state index >= 15 is 0 Å². The molecular weight excluding hydrogens is 162 g/mol. The molecule has 0 heterocycles. The second-order valence-electron chi connectivity index (χ2n) is 3.10. The molecule has 0 bridgehead atoms. The average molecular weight is 179 g/mol. The molecule has 72 valence electrons. The minimum atomic E-state index is 0.598. The zero-order chi connectivity index (χ0) is 9.68. The molecule has 2 nitrogen and oxygen atoms in total. The van der Waals surface area contributed by atoms with Crippen molar-refractivity contribution in [1.82, 2.24) is 0 Å². The minimum absolute atomic E-state index is 0.598. The number of benzene rings is 1. The maximum Gasteiger partial charge on any atom is 0.122 e. The predicted octanol–water partition coefficient (Wildman–Crippen LogP) is 2.11. The van der Waals surface area contributed by atoms with Crippen LogP contribution in [0.25, 0.3) is 0 Å². The van der Waals surface area contributed by atoms with E-state index in [0.717, 1.165) is 18.6 Å². The fourth-order valence-electron chi connectivity index (χ4n) is 1.42. The molecular formula is C11H17NO. The number of ether oxygens (including phenoxy) is 1. The second kappa shape index (κ2) is 4.87. The Kier molecular flexibility index (Phi) is 3.77. The van der Waals surface area contributed by atoms with Gasteiger partial charge in [-0.3, -0.25) is 0 Å². The Morgan fingerprint density at radius 1 is 1.38 bits per heavy atom. The van der Waals surface area contributed by atoms with Crippen molar-refractivity contribution in [2.75, 3.05) is 7.11 Å². The van der Waals surface area contributed by atoms with E-state index in [1.165, 1.54) is 11.1 Å². The highest BCUT2D eigenvalue weighted by atomic mass is 16.5. The molecule has 0 fully saturated rings. The summed E-state index contributed by atoms with van der Waals surface area (Å²) >= 11 is 0. The van der Waals surface area contributed by atoms with Crippen molar-refractivity contribution in [2.45, 2.75) is 26.3 Å². The number of rotatable bonds is 4. The number of methoxy groups -OCH3 is 1. The third-order valence-electron chi connectivity index (χ3n) is 2.10. The Morgan fingerprint density at radius 3 is 2.69 bits per heavy atom. The van der Waals surface area contributed by atoms with E-state index in [9.17, 15) is 0 Å². The van der Waals surface area contributed by atoms with E-state index in [-0.39, 0.29) is 0 Å². The van der Waals surface area contributed by atoms with E-state index in [4.69, 9.17) is 10.5 Å². The molecule has 0 amide bonds. The topological polar surface area (TPSA) is 35.2 Å². The van der Waals surface area contributed by atoms with Crippen molar-refractivity contribution < 1.29 is 4.74 Å². The van der Waals surface area contributed by atoms with Gasteiger partial charge < -0.3 is 10.5 Å². The first-order valence-electron chi connectivity index (χ1n) is 4.67. The summed E-state index contributed by atoms with van der Waals surface area (Å²) in [5, 5.41) is 0. The predicted molar refractivity (Wildman–Crippen MR) is 54.9 cm³/mol. The van der Waals surface area contributed by atoms with Gasteiger partial charge in [0.15, 0.2) is 0 Å². The molecule has 0 spiro atoms. The fourth-order valence-corrected chi connectivity index (χ4v) is 1.42. The molecule has 0 aliphatic heterocycles. The van der Waals surface area contributed by atoms with Gasteiger partial charge in [-0.25, -0.2) is 0 Å². The van der Waals surface area contributed by atoms with E-state index in [1.54, 1.807) is 7.11 Å². The highest BCUT2D eigenvalue weighted by Crippen LogP contribution is 2.20. The molecule has 0 radical (unpaired) electrons. The van der Waals surface area contributed by atoms with Gasteiger partial charge in [0.25, 0.3) is 0 Å². The molecule has 0 unspecified atom stereocenters. The lowest BCUT2D eigenvalue weighted by atomic mass is 10.1. The van der Waals surface area contributed by atoms with E-state index in [0.29, 0.717) is 6.54 Å². The van der Waals surface area contributed by atoms with Crippen molar-refractivity contribution in [3.05, 3.63) is 29.3 Å². The Morgan fingerprint density at radius 2 is 2.15 bits per heavy atom. The summed E-state index contributed by atoms with van der Waals surface area (Å²) in [4.78, 5) is 0. The first kappa shape index (κ1) is 10.1. The molecule has 13 heavy (non-hydrogen) atoms. The molecule has 0 saturated carbocycles. The highest BCUT2D eigenvalue weighted by Gasteiger charge is 2.02. The standard InChI is InChI=1S/C11H17NO/c1-3-4-10-7-9(8-12)5-6-11(10)13-2/h5-7H,3-4,8,12H2,1-2H3. The molecule has 2 N–H and O–H groups in total. The number of nitrogens with two attached hydrogens (primary N) is 1. The summed E-state index contributed by atoms with van der Waals surface area (Å²) < 4.78 is 5.26. The van der Waals surface area contributed by atoms with Crippen LogP contribution in [0.1, 0.15) is 24.5 Å². The lowest BCUT2D eigenvalue weighted by Crippen LogP contribution is -1.99. The molecule has 0 saturated heterocycles. The van der Waals surface area contributed by atoms with E-state index in [1.807, 2.05) is 12.1 Å². The van der Waals surface area contributed by atoms with E-state index in [2.05, 4.69) is 13.0 Å². The Labute approximate surface area is 79.7 Å². The molecule has 0 atom stereocenters. The summed E-state index contributed by atoms with van der Waals surface area (Å²) in [7, 11) is 1.70. The first-order valence-corrected chi connectivity index (χ1v) is 4.67. The van der Waals surface area contributed by atoms with Gasteiger partial charge in [-0.05, 0) is 23.6 Å². The summed E-state index contributed by atoms with van der Waals surface area (Å²) in [6, 6.07) is 6.13. The maximum absolute atomic E-state index is 5.57. The van der Waals surface area contributed by atoms with Gasteiger partial charge in [-0.15, -0.1) is 0 Å². The number of hydrogen-bond acceptors (Lipinski definition) is 2. The SMILES string of the molecule is CCCc1cc(CN)ccc1OC. The number of aryl methyl sites for hydroxylation is 1. The van der Waals surface area contributed by atoms with Gasteiger partial charge in [0, 0.05) is 6.54 Å². The first-order chi connectivity index (χ1) is 6.31. The van der Waals surface area contributed by atoms with Crippen LogP contribution in [0.2, 0.25) is 0 Å². The van der Waals surface area contributed by atoms with Crippen LogP contribution < -0.4 is 10.5 Å². The zero-order valence-electron chi connectivity index (χ0n) is 8.34. The van der Waals surface area contributed by atoms with Crippen LogP contribution in [0.15, 0.2) is 18.2 Å². The maximum atomic E-state index is 5.57. The zero-order valence-corrected chi connectivity index (χ0v) is 8.34. The van der Waals surface area contributed by atoms with Crippen LogP contribution in [-0.2, 0) is 13.0 Å². The summed E-state index contributed by atoms with van der Waals surface area (Å²) in [5.41, 5.74) is 7.99. The van der Waals surface area contributed by atoms with Gasteiger partial charge in [-0.1, -0.05) is 25.5 Å². The second-order valence-corrected chi connectivity index (χ2v) is 3.10. The molecule has 2 heteroatoms. The van der Waals surface area contributed by atoms with Crippen molar-refractivity contribution in [2.24, 2.45) is 5.73 Å². The third-order valence-corrected chi connectivity index (χ3v) is 2.10. The number of hydrogen-bond donors (Lipinski definition) is 1. The summed E-state index contributed by atoms with van der Waals surface area (Å²) in [5.74, 6) is 0.971. The van der Waals surface area contributed by atoms with Gasteiger partial charge >= 0.3 is 0 Å². The Hall–Kier alpha value is -1.02. The molecule has 0 aliphatic carbocycles. The lowest BCUT2D eigenvalue weighted by molar-refractivity contribution is 0.409. The third kappa shape index (κ3) is 2.46. The normalized spacial score (nSPS) is 10.1. The molecule has 0 aliphatic rings. The van der Waals surface area contributed by atoms with Crippen LogP contribution in [0.4, 0.5) is 0 Å². The Balaban J connectivity index is 2.95. The quantitative estimate of drug-likeness (QED) is 0.768. The monoisotopic (exact) mass is 179 g/mol. The molecule has 1 aromatic carbocycles. The molecule has 0 aromatic heterocycles. The Bertz CT molecular complexity index is 271. The molecule has 1 aromatic rings. The van der Waals surface area contributed by atoms with E-state index < -0.39 is 0 Å². The van der Waals surface area contributed by atoms with Gasteiger partial charge in [-0.2, -0.15) is 0 Å². The summed E-state index contributed by atoms with van der Waals surface area (Å²) in [6.45, 7) is 2.76. The fraction of sp³-hybridized carbons (Fsp3) is 0.455. The van der Waals surface area contributed by atoms with Crippen LogP contribution >= 0.6 is 0 Å². The van der Waals surface area contributed by atoms with Gasteiger partial charge in [0.05, 0.1) is 7.11 Å². The minimum Gasteiger partial charge on any atom is -0.496 e. The van der Waals surface area contributed by atoms with Crippen LogP contribution in [0.5, 0.6) is 5.75 Å². The van der Waals surface area contributed by atoms with Gasteiger partial charge in [0.1, 0.15) is 5.75 Å². The highest BCUT2D eigenvalue weighted by molar-refractivity contribution is 5.37. The smallest absolute Gasteiger partial charge is 0.122 e. The van der Waals surface area contributed by atoms with Crippen molar-refractivity contribution in [1.29, 1.82) is 0 Å². The largest absolute Gasteiger partial charge is 0.496 e. The summed E-state index contributed by atoms with van der Waals surface area (Å²) in [6.07, 6.45) is 2.18. The van der Waals surface area contributed by atoms with Crippen molar-refractivity contribution >= 4 is 0 Å².